The van der Waals surface area contributed by atoms with Gasteiger partial charge in [0.15, 0.2) is 0 Å². The maximum atomic E-state index is 11.9. The summed E-state index contributed by atoms with van der Waals surface area (Å²) in [7, 11) is 0. The Labute approximate surface area is 136 Å². The van der Waals surface area contributed by atoms with E-state index in [-0.39, 0.29) is 11.9 Å². The highest BCUT2D eigenvalue weighted by atomic mass is 16.3. The summed E-state index contributed by atoms with van der Waals surface area (Å²) >= 11 is 0. The Morgan fingerprint density at radius 2 is 1.96 bits per heavy atom. The molecule has 2 amide bonds. The number of rotatable bonds is 7. The van der Waals surface area contributed by atoms with Crippen LogP contribution in [0.1, 0.15) is 30.4 Å². The molecular formula is C18H23N3O2. The number of amides is 2. The van der Waals surface area contributed by atoms with E-state index in [9.17, 15) is 9.90 Å². The summed E-state index contributed by atoms with van der Waals surface area (Å²) in [5.41, 5.74) is 2.06. The molecule has 23 heavy (non-hydrogen) atoms. The Morgan fingerprint density at radius 3 is 2.61 bits per heavy atom. The van der Waals surface area contributed by atoms with Crippen LogP contribution in [-0.2, 0) is 6.54 Å². The molecular weight excluding hydrogens is 290 g/mol. The molecule has 0 fully saturated rings. The normalized spacial score (nSPS) is 13.1. The zero-order chi connectivity index (χ0) is 16.5. The number of hydrogen-bond acceptors (Lipinski definition) is 3. The molecule has 0 bridgehead atoms. The Morgan fingerprint density at radius 1 is 1.17 bits per heavy atom. The van der Waals surface area contributed by atoms with Crippen molar-refractivity contribution in [2.45, 2.75) is 31.9 Å². The number of carbonyl (C=O) groups excluding carboxylic acids is 1. The third-order valence-electron chi connectivity index (χ3n) is 3.58. The summed E-state index contributed by atoms with van der Waals surface area (Å²) in [4.78, 5) is 15.9. The topological polar surface area (TPSA) is 74.2 Å². The van der Waals surface area contributed by atoms with Gasteiger partial charge in [-0.15, -0.1) is 0 Å². The van der Waals surface area contributed by atoms with Crippen LogP contribution in [0.25, 0.3) is 0 Å². The summed E-state index contributed by atoms with van der Waals surface area (Å²) in [5.74, 6) is 0.0836. The van der Waals surface area contributed by atoms with Crippen molar-refractivity contribution >= 4 is 6.03 Å². The number of carbonyl (C=O) groups is 1. The maximum Gasteiger partial charge on any atom is 0.315 e. The van der Waals surface area contributed by atoms with E-state index in [1.54, 1.807) is 19.3 Å². The van der Waals surface area contributed by atoms with Crippen molar-refractivity contribution in [3.63, 3.8) is 0 Å². The second-order valence-corrected chi connectivity index (χ2v) is 5.62. The predicted octanol–water partition coefficient (Wildman–Crippen LogP) is 2.44. The van der Waals surface area contributed by atoms with Crippen LogP contribution in [0.15, 0.2) is 54.9 Å². The summed E-state index contributed by atoms with van der Waals surface area (Å²) < 4.78 is 0. The van der Waals surface area contributed by atoms with Gasteiger partial charge in [0.05, 0.1) is 6.10 Å². The molecule has 0 aliphatic rings. The molecule has 0 aliphatic carbocycles. The second kappa shape index (κ2) is 8.90. The zero-order valence-corrected chi connectivity index (χ0v) is 13.3. The van der Waals surface area contributed by atoms with Crippen LogP contribution in [0.5, 0.6) is 0 Å². The molecule has 2 unspecified atom stereocenters. The Kier molecular flexibility index (Phi) is 6.56. The highest BCUT2D eigenvalue weighted by molar-refractivity contribution is 5.73. The molecule has 5 heteroatoms. The van der Waals surface area contributed by atoms with Gasteiger partial charge in [-0.2, -0.15) is 0 Å². The van der Waals surface area contributed by atoms with Gasteiger partial charge in [0.2, 0.25) is 0 Å². The van der Waals surface area contributed by atoms with Crippen molar-refractivity contribution < 1.29 is 9.90 Å². The fourth-order valence-electron chi connectivity index (χ4n) is 2.44. The fraction of sp³-hybridized carbons (Fsp3) is 0.333. The molecule has 3 N–H and O–H groups in total. The van der Waals surface area contributed by atoms with Gasteiger partial charge in [-0.05, 0) is 30.5 Å². The number of benzene rings is 1. The predicted molar refractivity (Wildman–Crippen MR) is 90.0 cm³/mol. The lowest BCUT2D eigenvalue weighted by Gasteiger charge is -2.20. The van der Waals surface area contributed by atoms with Gasteiger partial charge < -0.3 is 15.7 Å². The molecule has 2 atom stereocenters. The van der Waals surface area contributed by atoms with Gasteiger partial charge in [-0.1, -0.05) is 36.4 Å². The molecule has 2 rings (SSSR count). The number of aromatic nitrogens is 1. The number of pyridine rings is 1. The molecule has 2 aromatic rings. The lowest BCUT2D eigenvalue weighted by molar-refractivity contribution is 0.173. The molecule has 122 valence electrons. The van der Waals surface area contributed by atoms with E-state index in [0.717, 1.165) is 11.1 Å². The van der Waals surface area contributed by atoms with E-state index in [4.69, 9.17) is 0 Å². The number of nitrogens with zero attached hydrogens (tertiary/aromatic N) is 1. The van der Waals surface area contributed by atoms with Crippen molar-refractivity contribution in [2.24, 2.45) is 0 Å². The molecule has 0 saturated heterocycles. The molecule has 0 aliphatic heterocycles. The Hall–Kier alpha value is -2.40. The first-order valence-electron chi connectivity index (χ1n) is 7.78. The van der Waals surface area contributed by atoms with Crippen molar-refractivity contribution in [1.29, 1.82) is 0 Å². The van der Waals surface area contributed by atoms with Crippen LogP contribution in [0.4, 0.5) is 4.79 Å². The van der Waals surface area contributed by atoms with E-state index < -0.39 is 6.10 Å². The van der Waals surface area contributed by atoms with Gasteiger partial charge >= 0.3 is 6.03 Å². The first-order valence-corrected chi connectivity index (χ1v) is 7.78. The van der Waals surface area contributed by atoms with Gasteiger partial charge in [0.1, 0.15) is 0 Å². The van der Waals surface area contributed by atoms with Crippen molar-refractivity contribution in [3.05, 3.63) is 66.0 Å². The summed E-state index contributed by atoms with van der Waals surface area (Å²) in [6.45, 7) is 2.68. The molecule has 0 saturated carbocycles. The van der Waals surface area contributed by atoms with Crippen LogP contribution >= 0.6 is 0 Å². The quantitative estimate of drug-likeness (QED) is 0.735. The molecule has 0 radical (unpaired) electrons. The Balaban J connectivity index is 1.84. The standard InChI is InChI=1S/C18H23N3O2/c1-14(22)10-17(16-7-3-2-4-8-16)13-21-18(23)20-12-15-6-5-9-19-11-15/h2-9,11,14,17,22H,10,12-13H2,1H3,(H2,20,21,23). The molecule has 1 heterocycles. The molecule has 5 nitrogen and oxygen atoms in total. The number of aliphatic hydroxyl groups excluding tert-OH is 1. The maximum absolute atomic E-state index is 11.9. The summed E-state index contributed by atoms with van der Waals surface area (Å²) in [5, 5.41) is 15.3. The number of nitrogens with one attached hydrogen (secondary N) is 2. The summed E-state index contributed by atoms with van der Waals surface area (Å²) in [6.07, 6.45) is 3.61. The van der Waals surface area contributed by atoms with Crippen molar-refractivity contribution in [3.8, 4) is 0 Å². The molecule has 1 aromatic heterocycles. The van der Waals surface area contributed by atoms with E-state index in [0.29, 0.717) is 19.5 Å². The van der Waals surface area contributed by atoms with Crippen LogP contribution < -0.4 is 10.6 Å². The van der Waals surface area contributed by atoms with E-state index in [2.05, 4.69) is 15.6 Å². The SMILES string of the molecule is CC(O)CC(CNC(=O)NCc1cccnc1)c1ccccc1. The average Bonchev–Trinajstić information content (AvgIpc) is 2.58. The van der Waals surface area contributed by atoms with Gasteiger partial charge in [-0.3, -0.25) is 4.98 Å². The smallest absolute Gasteiger partial charge is 0.315 e. The van der Waals surface area contributed by atoms with E-state index >= 15 is 0 Å². The first-order chi connectivity index (χ1) is 11.1. The van der Waals surface area contributed by atoms with Crippen LogP contribution in [-0.4, -0.2) is 28.8 Å². The van der Waals surface area contributed by atoms with Gasteiger partial charge in [0.25, 0.3) is 0 Å². The largest absolute Gasteiger partial charge is 0.393 e. The van der Waals surface area contributed by atoms with Gasteiger partial charge in [-0.25, -0.2) is 4.79 Å². The molecule has 1 aromatic carbocycles. The van der Waals surface area contributed by atoms with Crippen LogP contribution in [0.3, 0.4) is 0 Å². The first kappa shape index (κ1) is 17.0. The number of hydrogen-bond donors (Lipinski definition) is 3. The molecule has 0 spiro atoms. The lowest BCUT2D eigenvalue weighted by atomic mass is 9.93. The van der Waals surface area contributed by atoms with Crippen molar-refractivity contribution in [2.75, 3.05) is 6.54 Å². The average molecular weight is 313 g/mol. The summed E-state index contributed by atoms with van der Waals surface area (Å²) in [6, 6.07) is 13.4. The second-order valence-electron chi connectivity index (χ2n) is 5.62. The third-order valence-corrected chi connectivity index (χ3v) is 3.58. The fourth-order valence-corrected chi connectivity index (χ4v) is 2.44. The number of urea groups is 1. The van der Waals surface area contributed by atoms with Crippen LogP contribution in [0, 0.1) is 0 Å². The highest BCUT2D eigenvalue weighted by Crippen LogP contribution is 2.20. The minimum atomic E-state index is -0.416. The lowest BCUT2D eigenvalue weighted by Crippen LogP contribution is -2.37. The van der Waals surface area contributed by atoms with E-state index in [1.807, 2.05) is 42.5 Å². The number of aliphatic hydroxyl groups is 1. The Bertz CT molecular complexity index is 588. The zero-order valence-electron chi connectivity index (χ0n) is 13.3. The monoisotopic (exact) mass is 313 g/mol. The highest BCUT2D eigenvalue weighted by Gasteiger charge is 2.15. The van der Waals surface area contributed by atoms with E-state index in [1.165, 1.54) is 0 Å². The third kappa shape index (κ3) is 6.08. The van der Waals surface area contributed by atoms with Crippen LogP contribution in [0.2, 0.25) is 0 Å². The minimum Gasteiger partial charge on any atom is -0.393 e. The minimum absolute atomic E-state index is 0.0836. The van der Waals surface area contributed by atoms with Crippen molar-refractivity contribution in [1.82, 2.24) is 15.6 Å². The van der Waals surface area contributed by atoms with Gasteiger partial charge in [0, 0.05) is 31.4 Å².